The van der Waals surface area contributed by atoms with Crippen LogP contribution in [0.4, 0.5) is 4.79 Å². The number of urea groups is 1. The summed E-state index contributed by atoms with van der Waals surface area (Å²) >= 11 is 0. The van der Waals surface area contributed by atoms with Crippen molar-refractivity contribution in [2.75, 3.05) is 13.2 Å². The molecule has 1 rings (SSSR count). The molecule has 1 aromatic rings. The molecule has 2 atom stereocenters. The van der Waals surface area contributed by atoms with E-state index in [2.05, 4.69) is 27.1 Å². The zero-order valence-corrected chi connectivity index (χ0v) is 11.9. The largest absolute Gasteiger partial charge is 0.396 e. The maximum absolute atomic E-state index is 11.6. The molecule has 0 radical (unpaired) electrons. The summed E-state index contributed by atoms with van der Waals surface area (Å²) in [5.41, 5.74) is 0. The third kappa shape index (κ3) is 5.74. The van der Waals surface area contributed by atoms with Gasteiger partial charge in [-0.25, -0.2) is 9.78 Å². The molecule has 0 saturated heterocycles. The third-order valence-corrected chi connectivity index (χ3v) is 2.98. The van der Waals surface area contributed by atoms with Gasteiger partial charge in [0.15, 0.2) is 0 Å². The Kier molecular flexibility index (Phi) is 6.35. The molecule has 0 aromatic carbocycles. The number of aromatic nitrogens is 2. The Bertz CT molecular complexity index is 392. The van der Waals surface area contributed by atoms with E-state index in [4.69, 9.17) is 5.11 Å². The van der Waals surface area contributed by atoms with E-state index in [9.17, 15) is 4.79 Å². The van der Waals surface area contributed by atoms with E-state index in [-0.39, 0.29) is 18.7 Å². The summed E-state index contributed by atoms with van der Waals surface area (Å²) < 4.78 is 2.07. The van der Waals surface area contributed by atoms with Crippen LogP contribution in [0.1, 0.15) is 26.1 Å². The van der Waals surface area contributed by atoms with Crippen molar-refractivity contribution in [3.05, 3.63) is 18.2 Å². The van der Waals surface area contributed by atoms with Crippen molar-refractivity contribution >= 4 is 6.03 Å². The normalized spacial score (nSPS) is 13.9. The highest BCUT2D eigenvalue weighted by atomic mass is 16.3. The Hall–Kier alpha value is -1.56. The summed E-state index contributed by atoms with van der Waals surface area (Å²) in [6, 6.07) is -0.202. The summed E-state index contributed by atoms with van der Waals surface area (Å²) in [6.45, 7) is 7.43. The predicted octanol–water partition coefficient (Wildman–Crippen LogP) is 0.898. The molecular weight excluding hydrogens is 244 g/mol. The maximum Gasteiger partial charge on any atom is 0.315 e. The SMILES string of the molecule is Cc1nccn1CC(C)CNC(=O)N[C@H](C)CCO. The lowest BCUT2D eigenvalue weighted by atomic mass is 10.2. The highest BCUT2D eigenvalue weighted by Crippen LogP contribution is 2.02. The van der Waals surface area contributed by atoms with Gasteiger partial charge in [-0.1, -0.05) is 6.92 Å². The Morgan fingerprint density at radius 2 is 2.26 bits per heavy atom. The quantitative estimate of drug-likeness (QED) is 0.687. The molecule has 0 aliphatic rings. The zero-order valence-electron chi connectivity index (χ0n) is 11.9. The number of hydrogen-bond donors (Lipinski definition) is 3. The number of aryl methyl sites for hydroxylation is 1. The topological polar surface area (TPSA) is 79.2 Å². The summed E-state index contributed by atoms with van der Waals surface area (Å²) in [5, 5.41) is 14.4. The average molecular weight is 268 g/mol. The first-order valence-electron chi connectivity index (χ1n) is 6.66. The van der Waals surface area contributed by atoms with E-state index >= 15 is 0 Å². The van der Waals surface area contributed by atoms with Gasteiger partial charge in [0.05, 0.1) is 0 Å². The van der Waals surface area contributed by atoms with Crippen molar-refractivity contribution in [2.24, 2.45) is 5.92 Å². The second kappa shape index (κ2) is 7.78. The van der Waals surface area contributed by atoms with Crippen LogP contribution in [0.5, 0.6) is 0 Å². The molecule has 0 spiro atoms. The van der Waals surface area contributed by atoms with Crippen molar-refractivity contribution in [2.45, 2.75) is 39.8 Å². The summed E-state index contributed by atoms with van der Waals surface area (Å²) in [5.74, 6) is 1.31. The Balaban J connectivity index is 2.24. The molecule has 3 N–H and O–H groups in total. The number of imidazole rings is 1. The van der Waals surface area contributed by atoms with Crippen LogP contribution >= 0.6 is 0 Å². The summed E-state index contributed by atoms with van der Waals surface area (Å²) in [4.78, 5) is 15.7. The molecule has 19 heavy (non-hydrogen) atoms. The first kappa shape index (κ1) is 15.5. The Morgan fingerprint density at radius 3 is 2.84 bits per heavy atom. The molecule has 0 aliphatic carbocycles. The molecular formula is C13H24N4O2. The van der Waals surface area contributed by atoms with Crippen LogP contribution in [0.2, 0.25) is 0 Å². The second-order valence-corrected chi connectivity index (χ2v) is 5.00. The van der Waals surface area contributed by atoms with Crippen molar-refractivity contribution < 1.29 is 9.90 Å². The fraction of sp³-hybridized carbons (Fsp3) is 0.692. The predicted molar refractivity (Wildman–Crippen MR) is 73.8 cm³/mol. The summed E-state index contributed by atoms with van der Waals surface area (Å²) in [6.07, 6.45) is 4.28. The molecule has 2 amide bonds. The van der Waals surface area contributed by atoms with Crippen molar-refractivity contribution in [1.82, 2.24) is 20.2 Å². The molecule has 0 saturated carbocycles. The van der Waals surface area contributed by atoms with Gasteiger partial charge in [-0.3, -0.25) is 0 Å². The zero-order chi connectivity index (χ0) is 14.3. The number of carbonyl (C=O) groups excluding carboxylic acids is 1. The van der Waals surface area contributed by atoms with Gasteiger partial charge in [0.1, 0.15) is 5.82 Å². The van der Waals surface area contributed by atoms with E-state index in [0.717, 1.165) is 12.4 Å². The smallest absolute Gasteiger partial charge is 0.315 e. The number of aliphatic hydroxyl groups excluding tert-OH is 1. The molecule has 1 aromatic heterocycles. The van der Waals surface area contributed by atoms with Gasteiger partial charge in [-0.2, -0.15) is 0 Å². The van der Waals surface area contributed by atoms with Crippen LogP contribution in [-0.2, 0) is 6.54 Å². The van der Waals surface area contributed by atoms with Gasteiger partial charge < -0.3 is 20.3 Å². The van der Waals surface area contributed by atoms with Crippen LogP contribution in [0.3, 0.4) is 0 Å². The van der Waals surface area contributed by atoms with Gasteiger partial charge in [0.25, 0.3) is 0 Å². The number of nitrogens with one attached hydrogen (secondary N) is 2. The fourth-order valence-corrected chi connectivity index (χ4v) is 1.80. The Labute approximate surface area is 114 Å². The van der Waals surface area contributed by atoms with Gasteiger partial charge in [-0.05, 0) is 26.2 Å². The van der Waals surface area contributed by atoms with Crippen LogP contribution in [0, 0.1) is 12.8 Å². The fourth-order valence-electron chi connectivity index (χ4n) is 1.80. The minimum Gasteiger partial charge on any atom is -0.396 e. The molecule has 0 fully saturated rings. The lowest BCUT2D eigenvalue weighted by molar-refractivity contribution is 0.229. The first-order chi connectivity index (χ1) is 9.02. The van der Waals surface area contributed by atoms with Gasteiger partial charge in [0, 0.05) is 38.1 Å². The highest BCUT2D eigenvalue weighted by molar-refractivity contribution is 5.74. The van der Waals surface area contributed by atoms with Gasteiger partial charge >= 0.3 is 6.03 Å². The number of aliphatic hydroxyl groups is 1. The van der Waals surface area contributed by atoms with Crippen LogP contribution in [0.25, 0.3) is 0 Å². The molecule has 0 bridgehead atoms. The standard InChI is InChI=1S/C13H24N4O2/c1-10(9-17-6-5-14-12(17)3)8-15-13(19)16-11(2)4-7-18/h5-6,10-11,18H,4,7-9H2,1-3H3,(H2,15,16,19)/t10?,11-/m1/s1. The van der Waals surface area contributed by atoms with E-state index < -0.39 is 0 Å². The minimum absolute atomic E-state index is 0.0174. The van der Waals surface area contributed by atoms with Crippen molar-refractivity contribution in [3.63, 3.8) is 0 Å². The molecule has 1 heterocycles. The maximum atomic E-state index is 11.6. The number of rotatable bonds is 7. The molecule has 0 aliphatic heterocycles. The molecule has 108 valence electrons. The molecule has 6 nitrogen and oxygen atoms in total. The monoisotopic (exact) mass is 268 g/mol. The number of hydrogen-bond acceptors (Lipinski definition) is 3. The van der Waals surface area contributed by atoms with Crippen LogP contribution < -0.4 is 10.6 Å². The highest BCUT2D eigenvalue weighted by Gasteiger charge is 2.09. The average Bonchev–Trinajstić information content (AvgIpc) is 2.73. The van der Waals surface area contributed by atoms with E-state index in [1.807, 2.05) is 20.0 Å². The van der Waals surface area contributed by atoms with E-state index in [1.54, 1.807) is 6.20 Å². The van der Waals surface area contributed by atoms with Crippen molar-refractivity contribution in [3.8, 4) is 0 Å². The number of carbonyl (C=O) groups is 1. The lowest BCUT2D eigenvalue weighted by Crippen LogP contribution is -2.42. The van der Waals surface area contributed by atoms with Crippen LogP contribution in [0.15, 0.2) is 12.4 Å². The number of nitrogens with zero attached hydrogens (tertiary/aromatic N) is 2. The minimum atomic E-state index is -0.185. The molecule has 6 heteroatoms. The van der Waals surface area contributed by atoms with Crippen molar-refractivity contribution in [1.29, 1.82) is 0 Å². The van der Waals surface area contributed by atoms with E-state index in [0.29, 0.717) is 18.9 Å². The Morgan fingerprint density at radius 1 is 1.53 bits per heavy atom. The van der Waals surface area contributed by atoms with Gasteiger partial charge in [0.2, 0.25) is 0 Å². The molecule has 1 unspecified atom stereocenters. The third-order valence-electron chi connectivity index (χ3n) is 2.98. The van der Waals surface area contributed by atoms with Gasteiger partial charge in [-0.15, -0.1) is 0 Å². The number of amides is 2. The summed E-state index contributed by atoms with van der Waals surface area (Å²) in [7, 11) is 0. The lowest BCUT2D eigenvalue weighted by Gasteiger charge is -2.17. The van der Waals surface area contributed by atoms with E-state index in [1.165, 1.54) is 0 Å². The second-order valence-electron chi connectivity index (χ2n) is 5.00. The first-order valence-corrected chi connectivity index (χ1v) is 6.66. The van der Waals surface area contributed by atoms with Crippen LogP contribution in [-0.4, -0.2) is 39.9 Å².